The van der Waals surface area contributed by atoms with Crippen molar-refractivity contribution < 1.29 is 9.21 Å². The molecule has 4 nitrogen and oxygen atoms in total. The van der Waals surface area contributed by atoms with Crippen molar-refractivity contribution in [1.82, 2.24) is 4.90 Å². The molecule has 0 N–H and O–H groups in total. The number of hydrogen-bond acceptors (Lipinski definition) is 3. The van der Waals surface area contributed by atoms with Crippen LogP contribution < -0.4 is 0 Å². The zero-order valence-electron chi connectivity index (χ0n) is 12.8. The van der Waals surface area contributed by atoms with Gasteiger partial charge in [0, 0.05) is 25.9 Å². The SMILES string of the molecule is CCCN(Cc1ccc(C#N)cc1)C(=O)CCc1ccco1. The highest BCUT2D eigenvalue weighted by atomic mass is 16.3. The van der Waals surface area contributed by atoms with Crippen molar-refractivity contribution in [2.24, 2.45) is 0 Å². The second-order valence-electron chi connectivity index (χ2n) is 5.20. The number of furan rings is 1. The van der Waals surface area contributed by atoms with E-state index >= 15 is 0 Å². The Morgan fingerprint density at radius 1 is 1.27 bits per heavy atom. The van der Waals surface area contributed by atoms with E-state index in [2.05, 4.69) is 13.0 Å². The maximum absolute atomic E-state index is 12.4. The highest BCUT2D eigenvalue weighted by Crippen LogP contribution is 2.11. The van der Waals surface area contributed by atoms with Crippen LogP contribution in [-0.4, -0.2) is 17.4 Å². The van der Waals surface area contributed by atoms with E-state index in [-0.39, 0.29) is 5.91 Å². The molecule has 0 aliphatic rings. The molecule has 1 amide bonds. The van der Waals surface area contributed by atoms with Gasteiger partial charge in [-0.3, -0.25) is 4.79 Å². The molecular formula is C18H20N2O2. The van der Waals surface area contributed by atoms with E-state index in [0.717, 1.165) is 24.3 Å². The van der Waals surface area contributed by atoms with Crippen LogP contribution in [0.3, 0.4) is 0 Å². The average Bonchev–Trinajstić information content (AvgIpc) is 3.06. The van der Waals surface area contributed by atoms with Gasteiger partial charge in [-0.15, -0.1) is 0 Å². The van der Waals surface area contributed by atoms with Gasteiger partial charge in [0.25, 0.3) is 0 Å². The molecule has 0 radical (unpaired) electrons. The summed E-state index contributed by atoms with van der Waals surface area (Å²) < 4.78 is 5.27. The third-order valence-corrected chi connectivity index (χ3v) is 3.47. The minimum absolute atomic E-state index is 0.127. The van der Waals surface area contributed by atoms with Crippen molar-refractivity contribution >= 4 is 5.91 Å². The van der Waals surface area contributed by atoms with Gasteiger partial charge in [-0.1, -0.05) is 19.1 Å². The molecule has 1 aromatic heterocycles. The van der Waals surface area contributed by atoms with Crippen LogP contribution in [0.2, 0.25) is 0 Å². The highest BCUT2D eigenvalue weighted by Gasteiger charge is 2.13. The first-order valence-electron chi connectivity index (χ1n) is 7.52. The van der Waals surface area contributed by atoms with Gasteiger partial charge in [0.15, 0.2) is 0 Å². The number of hydrogen-bond donors (Lipinski definition) is 0. The Bertz CT molecular complexity index is 624. The fraction of sp³-hybridized carbons (Fsp3) is 0.333. The maximum atomic E-state index is 12.4. The molecule has 1 heterocycles. The number of benzene rings is 1. The molecule has 0 unspecified atom stereocenters. The molecule has 0 aliphatic carbocycles. The lowest BCUT2D eigenvalue weighted by molar-refractivity contribution is -0.131. The third kappa shape index (κ3) is 4.49. The van der Waals surface area contributed by atoms with Crippen LogP contribution in [0.1, 0.15) is 36.7 Å². The van der Waals surface area contributed by atoms with Crippen LogP contribution in [0.5, 0.6) is 0 Å². The van der Waals surface area contributed by atoms with Crippen molar-refractivity contribution in [1.29, 1.82) is 5.26 Å². The van der Waals surface area contributed by atoms with Crippen LogP contribution in [0.25, 0.3) is 0 Å². The Hall–Kier alpha value is -2.54. The number of nitriles is 1. The summed E-state index contributed by atoms with van der Waals surface area (Å²) in [7, 11) is 0. The number of aryl methyl sites for hydroxylation is 1. The van der Waals surface area contributed by atoms with Crippen molar-refractivity contribution in [2.45, 2.75) is 32.7 Å². The maximum Gasteiger partial charge on any atom is 0.223 e. The molecule has 2 aromatic rings. The molecular weight excluding hydrogens is 276 g/mol. The summed E-state index contributed by atoms with van der Waals surface area (Å²) in [5.74, 6) is 0.964. The summed E-state index contributed by atoms with van der Waals surface area (Å²) in [5, 5.41) is 8.82. The van der Waals surface area contributed by atoms with Gasteiger partial charge in [0.2, 0.25) is 5.91 Å². The van der Waals surface area contributed by atoms with E-state index in [1.54, 1.807) is 18.4 Å². The standard InChI is InChI=1S/C18H20N2O2/c1-2-11-20(14-16-7-5-15(13-19)6-8-16)18(21)10-9-17-4-3-12-22-17/h3-8,12H,2,9-11,14H2,1H3. The lowest BCUT2D eigenvalue weighted by atomic mass is 10.1. The molecule has 0 bridgehead atoms. The van der Waals surface area contributed by atoms with Crippen LogP contribution in [0.4, 0.5) is 0 Å². The Morgan fingerprint density at radius 2 is 2.05 bits per heavy atom. The van der Waals surface area contributed by atoms with Crippen LogP contribution in [-0.2, 0) is 17.8 Å². The number of rotatable bonds is 7. The summed E-state index contributed by atoms with van der Waals surface area (Å²) in [5.41, 5.74) is 1.67. The molecule has 0 saturated carbocycles. The molecule has 1 aromatic carbocycles. The van der Waals surface area contributed by atoms with Gasteiger partial charge < -0.3 is 9.32 Å². The monoisotopic (exact) mass is 296 g/mol. The lowest BCUT2D eigenvalue weighted by Crippen LogP contribution is -2.31. The van der Waals surface area contributed by atoms with Crippen molar-refractivity contribution in [3.8, 4) is 6.07 Å². The number of carbonyl (C=O) groups is 1. The smallest absolute Gasteiger partial charge is 0.223 e. The van der Waals surface area contributed by atoms with Gasteiger partial charge in [-0.2, -0.15) is 5.26 Å². The molecule has 0 atom stereocenters. The molecule has 0 aliphatic heterocycles. The highest BCUT2D eigenvalue weighted by molar-refractivity contribution is 5.76. The number of nitrogens with zero attached hydrogens (tertiary/aromatic N) is 2. The number of carbonyl (C=O) groups excluding carboxylic acids is 1. The van der Waals surface area contributed by atoms with E-state index in [1.165, 1.54) is 0 Å². The summed E-state index contributed by atoms with van der Waals surface area (Å²) in [6, 6.07) is 13.2. The van der Waals surface area contributed by atoms with Crippen LogP contribution >= 0.6 is 0 Å². The summed E-state index contributed by atoms with van der Waals surface area (Å²) >= 11 is 0. The largest absolute Gasteiger partial charge is 0.469 e. The molecule has 0 spiro atoms. The fourth-order valence-electron chi connectivity index (χ4n) is 2.31. The zero-order chi connectivity index (χ0) is 15.8. The fourth-order valence-corrected chi connectivity index (χ4v) is 2.31. The molecule has 2 rings (SSSR count). The summed E-state index contributed by atoms with van der Waals surface area (Å²) in [6.45, 7) is 3.37. The Kier molecular flexibility index (Phi) is 5.79. The topological polar surface area (TPSA) is 57.2 Å². The lowest BCUT2D eigenvalue weighted by Gasteiger charge is -2.22. The van der Waals surface area contributed by atoms with Crippen LogP contribution in [0, 0.1) is 11.3 Å². The summed E-state index contributed by atoms with van der Waals surface area (Å²) in [6.07, 6.45) is 3.62. The average molecular weight is 296 g/mol. The van der Waals surface area contributed by atoms with Gasteiger partial charge in [-0.05, 0) is 36.2 Å². The second-order valence-corrected chi connectivity index (χ2v) is 5.20. The number of amides is 1. The van der Waals surface area contributed by atoms with Gasteiger partial charge in [0.1, 0.15) is 5.76 Å². The second kappa shape index (κ2) is 8.04. The van der Waals surface area contributed by atoms with E-state index < -0.39 is 0 Å². The molecule has 114 valence electrons. The predicted molar refractivity (Wildman–Crippen MR) is 83.9 cm³/mol. The predicted octanol–water partition coefficient (Wildman–Crippen LogP) is 3.52. The van der Waals surface area contributed by atoms with E-state index in [9.17, 15) is 4.79 Å². The minimum Gasteiger partial charge on any atom is -0.469 e. The Labute approximate surface area is 131 Å². The molecule has 0 fully saturated rings. The van der Waals surface area contributed by atoms with Crippen molar-refractivity contribution in [2.75, 3.05) is 6.54 Å². The van der Waals surface area contributed by atoms with Gasteiger partial charge >= 0.3 is 0 Å². The molecule has 22 heavy (non-hydrogen) atoms. The third-order valence-electron chi connectivity index (χ3n) is 3.47. The first-order valence-corrected chi connectivity index (χ1v) is 7.52. The van der Waals surface area contributed by atoms with Gasteiger partial charge in [-0.25, -0.2) is 0 Å². The van der Waals surface area contributed by atoms with Gasteiger partial charge in [0.05, 0.1) is 17.9 Å². The van der Waals surface area contributed by atoms with E-state index in [1.807, 2.05) is 29.2 Å². The molecule has 4 heteroatoms. The first-order chi connectivity index (χ1) is 10.7. The van der Waals surface area contributed by atoms with Crippen molar-refractivity contribution in [3.05, 3.63) is 59.5 Å². The normalized spacial score (nSPS) is 10.2. The zero-order valence-corrected chi connectivity index (χ0v) is 12.8. The van der Waals surface area contributed by atoms with Crippen LogP contribution in [0.15, 0.2) is 47.1 Å². The first kappa shape index (κ1) is 15.8. The van der Waals surface area contributed by atoms with E-state index in [4.69, 9.17) is 9.68 Å². The minimum atomic E-state index is 0.127. The Morgan fingerprint density at radius 3 is 2.64 bits per heavy atom. The summed E-state index contributed by atoms with van der Waals surface area (Å²) in [4.78, 5) is 14.3. The Balaban J connectivity index is 1.95. The molecule has 0 saturated heterocycles. The van der Waals surface area contributed by atoms with E-state index in [0.29, 0.717) is 24.9 Å². The van der Waals surface area contributed by atoms with Crippen molar-refractivity contribution in [3.63, 3.8) is 0 Å². The quantitative estimate of drug-likeness (QED) is 0.785.